The Balaban J connectivity index is 1.57. The van der Waals surface area contributed by atoms with Gasteiger partial charge < -0.3 is 11.1 Å². The minimum atomic E-state index is -0.479. The second kappa shape index (κ2) is 7.54. The lowest BCUT2D eigenvalue weighted by atomic mass is 10.2. The molecule has 2 amide bonds. The second-order valence-electron chi connectivity index (χ2n) is 5.79. The number of rotatable bonds is 4. The van der Waals surface area contributed by atoms with Crippen molar-refractivity contribution < 1.29 is 4.79 Å². The van der Waals surface area contributed by atoms with E-state index in [1.165, 1.54) is 0 Å². The van der Waals surface area contributed by atoms with E-state index in [9.17, 15) is 4.79 Å². The third kappa shape index (κ3) is 3.93. The van der Waals surface area contributed by atoms with E-state index in [1.807, 2.05) is 54.7 Å². The maximum atomic E-state index is 12.2. The first kappa shape index (κ1) is 17.2. The Morgan fingerprint density at radius 2 is 1.79 bits per heavy atom. The fraction of sp³-hybridized carbons (Fsp3) is 0. The number of benzene rings is 2. The summed E-state index contributed by atoms with van der Waals surface area (Å²) in [6.45, 7) is 0. The number of anilines is 3. The molecule has 0 fully saturated rings. The van der Waals surface area contributed by atoms with Crippen LogP contribution in [0.5, 0.6) is 0 Å². The predicted molar refractivity (Wildman–Crippen MR) is 106 cm³/mol. The largest absolute Gasteiger partial charge is 0.368 e. The van der Waals surface area contributed by atoms with Gasteiger partial charge in [-0.05, 0) is 30.3 Å². The Kier molecular flexibility index (Phi) is 4.62. The van der Waals surface area contributed by atoms with Crippen LogP contribution in [0.1, 0.15) is 0 Å². The zero-order valence-electron chi connectivity index (χ0n) is 14.6. The quantitative estimate of drug-likeness (QED) is 0.506. The molecule has 2 aromatic carbocycles. The molecule has 0 bridgehead atoms. The monoisotopic (exact) mass is 372 g/mol. The van der Waals surface area contributed by atoms with E-state index in [2.05, 4.69) is 30.7 Å². The van der Waals surface area contributed by atoms with Gasteiger partial charge in [-0.15, -0.1) is 0 Å². The van der Waals surface area contributed by atoms with Crippen LogP contribution in [-0.4, -0.2) is 30.8 Å². The molecule has 4 rings (SSSR count). The highest BCUT2D eigenvalue weighted by Gasteiger charge is 2.11. The number of urea groups is 1. The third-order valence-corrected chi connectivity index (χ3v) is 3.78. The molecular formula is C19H16N8O. The molecule has 2 aromatic heterocycles. The van der Waals surface area contributed by atoms with E-state index in [0.29, 0.717) is 17.1 Å². The Morgan fingerprint density at radius 3 is 2.57 bits per heavy atom. The molecule has 0 saturated heterocycles. The number of nitrogens with two attached hydrogens (primary N) is 1. The first-order valence-electron chi connectivity index (χ1n) is 8.42. The van der Waals surface area contributed by atoms with Crippen LogP contribution in [0.15, 0.2) is 73.1 Å². The molecule has 0 aliphatic rings. The normalized spacial score (nSPS) is 10.4. The summed E-state index contributed by atoms with van der Waals surface area (Å²) in [7, 11) is 0. The number of hydrogen-bond acceptors (Lipinski definition) is 6. The molecule has 2 heterocycles. The first-order valence-corrected chi connectivity index (χ1v) is 8.42. The molecule has 138 valence electrons. The molecule has 0 saturated carbocycles. The number of carbonyl (C=O) groups excluding carboxylic acids is 1. The van der Waals surface area contributed by atoms with E-state index in [-0.39, 0.29) is 11.9 Å². The lowest BCUT2D eigenvalue weighted by Gasteiger charge is -2.09. The van der Waals surface area contributed by atoms with Crippen molar-refractivity contribution in [3.05, 3.63) is 73.1 Å². The molecule has 9 nitrogen and oxygen atoms in total. The first-order chi connectivity index (χ1) is 13.7. The summed E-state index contributed by atoms with van der Waals surface area (Å²) in [6.07, 6.45) is 3.53. The highest BCUT2D eigenvalue weighted by Crippen LogP contribution is 2.20. The van der Waals surface area contributed by atoms with Gasteiger partial charge in [0.1, 0.15) is 0 Å². The van der Waals surface area contributed by atoms with Crippen molar-refractivity contribution >= 4 is 23.6 Å². The van der Waals surface area contributed by atoms with E-state index in [1.54, 1.807) is 23.0 Å². The average Bonchev–Trinajstić information content (AvgIpc) is 3.23. The SMILES string of the molecule is Nc1nc(NC(=O)Nc2ccccc2)nc(-c2cccc(-n3cccn3)c2)n1. The Hall–Kier alpha value is -4.27. The molecule has 0 atom stereocenters. The van der Waals surface area contributed by atoms with Crippen molar-refractivity contribution in [2.45, 2.75) is 0 Å². The molecule has 0 unspecified atom stereocenters. The van der Waals surface area contributed by atoms with Gasteiger partial charge in [-0.25, -0.2) is 9.48 Å². The Bertz CT molecular complexity index is 1100. The van der Waals surface area contributed by atoms with Gasteiger partial charge in [0, 0.05) is 23.6 Å². The van der Waals surface area contributed by atoms with Gasteiger partial charge in [-0.1, -0.05) is 30.3 Å². The van der Waals surface area contributed by atoms with Gasteiger partial charge in [0.15, 0.2) is 5.82 Å². The van der Waals surface area contributed by atoms with Gasteiger partial charge in [-0.3, -0.25) is 5.32 Å². The summed E-state index contributed by atoms with van der Waals surface area (Å²) >= 11 is 0. The third-order valence-electron chi connectivity index (χ3n) is 3.78. The topological polar surface area (TPSA) is 124 Å². The Labute approximate surface area is 160 Å². The zero-order chi connectivity index (χ0) is 19.3. The van der Waals surface area contributed by atoms with E-state index >= 15 is 0 Å². The highest BCUT2D eigenvalue weighted by molar-refractivity contribution is 5.98. The number of nitrogens with one attached hydrogen (secondary N) is 2. The summed E-state index contributed by atoms with van der Waals surface area (Å²) in [5, 5.41) is 9.48. The van der Waals surface area contributed by atoms with Crippen molar-refractivity contribution in [1.82, 2.24) is 24.7 Å². The van der Waals surface area contributed by atoms with Crippen LogP contribution >= 0.6 is 0 Å². The molecule has 4 N–H and O–H groups in total. The zero-order valence-corrected chi connectivity index (χ0v) is 14.6. The number of carbonyl (C=O) groups is 1. The molecule has 4 aromatic rings. The summed E-state index contributed by atoms with van der Waals surface area (Å²) in [5.41, 5.74) is 8.02. The van der Waals surface area contributed by atoms with Gasteiger partial charge >= 0.3 is 6.03 Å². The minimum absolute atomic E-state index is 0.00417. The summed E-state index contributed by atoms with van der Waals surface area (Å²) in [4.78, 5) is 24.6. The molecular weight excluding hydrogens is 356 g/mol. The number of amides is 2. The maximum absolute atomic E-state index is 12.2. The lowest BCUT2D eigenvalue weighted by molar-refractivity contribution is 0.262. The van der Waals surface area contributed by atoms with Crippen molar-refractivity contribution in [2.75, 3.05) is 16.4 Å². The van der Waals surface area contributed by atoms with Crippen LogP contribution in [0, 0.1) is 0 Å². The van der Waals surface area contributed by atoms with Gasteiger partial charge in [-0.2, -0.15) is 20.1 Å². The Morgan fingerprint density at radius 1 is 0.929 bits per heavy atom. The molecule has 0 aliphatic heterocycles. The number of nitrogens with zero attached hydrogens (tertiary/aromatic N) is 5. The van der Waals surface area contributed by atoms with Crippen LogP contribution in [-0.2, 0) is 0 Å². The standard InChI is InChI=1S/C19H16N8O/c20-17-23-16(13-6-4-9-15(12-13)27-11-5-10-21-27)24-18(25-17)26-19(28)22-14-7-2-1-3-8-14/h1-12H,(H4,20,22,23,24,25,26,28). The molecule has 0 aliphatic carbocycles. The van der Waals surface area contributed by atoms with E-state index in [0.717, 1.165) is 5.69 Å². The van der Waals surface area contributed by atoms with Gasteiger partial charge in [0.05, 0.1) is 5.69 Å². The van der Waals surface area contributed by atoms with Gasteiger partial charge in [0.25, 0.3) is 0 Å². The van der Waals surface area contributed by atoms with Crippen molar-refractivity contribution in [3.8, 4) is 17.1 Å². The van der Waals surface area contributed by atoms with Crippen LogP contribution in [0.2, 0.25) is 0 Å². The summed E-state index contributed by atoms with van der Waals surface area (Å²) < 4.78 is 1.72. The van der Waals surface area contributed by atoms with Crippen molar-refractivity contribution in [1.29, 1.82) is 0 Å². The van der Waals surface area contributed by atoms with Crippen LogP contribution < -0.4 is 16.4 Å². The number of hydrogen-bond donors (Lipinski definition) is 3. The molecule has 0 radical (unpaired) electrons. The van der Waals surface area contributed by atoms with Crippen molar-refractivity contribution in [2.24, 2.45) is 0 Å². The maximum Gasteiger partial charge on any atom is 0.326 e. The predicted octanol–water partition coefficient (Wildman–Crippen LogP) is 2.95. The summed E-state index contributed by atoms with van der Waals surface area (Å²) in [6, 6.07) is 17.9. The van der Waals surface area contributed by atoms with Gasteiger partial charge in [0.2, 0.25) is 11.9 Å². The van der Waals surface area contributed by atoms with Crippen molar-refractivity contribution in [3.63, 3.8) is 0 Å². The smallest absolute Gasteiger partial charge is 0.326 e. The van der Waals surface area contributed by atoms with E-state index < -0.39 is 6.03 Å². The van der Waals surface area contributed by atoms with Crippen LogP contribution in [0.25, 0.3) is 17.1 Å². The fourth-order valence-corrected chi connectivity index (χ4v) is 2.57. The number of para-hydroxylation sites is 1. The summed E-state index contributed by atoms with van der Waals surface area (Å²) in [5.74, 6) is 0.404. The number of aromatic nitrogens is 5. The lowest BCUT2D eigenvalue weighted by Crippen LogP contribution is -2.21. The van der Waals surface area contributed by atoms with Crippen LogP contribution in [0.4, 0.5) is 22.4 Å². The number of nitrogen functional groups attached to an aromatic ring is 1. The van der Waals surface area contributed by atoms with E-state index in [4.69, 9.17) is 5.73 Å². The van der Waals surface area contributed by atoms with Crippen LogP contribution in [0.3, 0.4) is 0 Å². The molecule has 28 heavy (non-hydrogen) atoms. The highest BCUT2D eigenvalue weighted by atomic mass is 16.2. The molecule has 0 spiro atoms. The minimum Gasteiger partial charge on any atom is -0.368 e. The fourth-order valence-electron chi connectivity index (χ4n) is 2.57. The second-order valence-corrected chi connectivity index (χ2v) is 5.79. The molecule has 9 heteroatoms. The average molecular weight is 372 g/mol.